The van der Waals surface area contributed by atoms with Gasteiger partial charge in [-0.1, -0.05) is 20.1 Å². The lowest BCUT2D eigenvalue weighted by atomic mass is 10.1. The summed E-state index contributed by atoms with van der Waals surface area (Å²) in [5.74, 6) is -0.402. The lowest BCUT2D eigenvalue weighted by Gasteiger charge is -2.10. The Labute approximate surface area is 90.0 Å². The van der Waals surface area contributed by atoms with Gasteiger partial charge in [0.25, 0.3) is 0 Å². The maximum absolute atomic E-state index is 10.8. The molecule has 1 N–H and O–H groups in total. The minimum Gasteiger partial charge on any atom is -0.462 e. The van der Waals surface area contributed by atoms with Gasteiger partial charge in [0.05, 0.1) is 6.61 Å². The van der Waals surface area contributed by atoms with Crippen LogP contribution in [0.2, 0.25) is 0 Å². The molecular weight excluding hydrogens is 194 g/mol. The van der Waals surface area contributed by atoms with Crippen LogP contribution in [-0.4, -0.2) is 25.0 Å². The average molecular weight is 211 g/mol. The fourth-order valence-electron chi connectivity index (χ4n) is 0.881. The molecule has 0 saturated carbocycles. The van der Waals surface area contributed by atoms with Crippen LogP contribution in [0.3, 0.4) is 0 Å². The van der Waals surface area contributed by atoms with Gasteiger partial charge in [-0.05, 0) is 18.4 Å². The molecule has 0 aliphatic heterocycles. The molecule has 4 nitrogen and oxygen atoms in total. The maximum atomic E-state index is 10.8. The molecule has 1 unspecified atom stereocenters. The highest BCUT2D eigenvalue weighted by molar-refractivity contribution is 5.86. The summed E-state index contributed by atoms with van der Waals surface area (Å²) < 4.78 is 4.85. The van der Waals surface area contributed by atoms with Crippen LogP contribution in [0.1, 0.15) is 13.3 Å². The molecule has 0 bridgehead atoms. The van der Waals surface area contributed by atoms with Gasteiger partial charge in [-0.3, -0.25) is 4.79 Å². The molecule has 0 heterocycles. The highest BCUT2D eigenvalue weighted by atomic mass is 16.5. The molecule has 0 aromatic heterocycles. The molecule has 1 atom stereocenters. The average Bonchev–Trinajstić information content (AvgIpc) is 2.25. The Morgan fingerprint density at radius 3 is 2.60 bits per heavy atom. The molecule has 0 saturated heterocycles. The Bertz CT molecular complexity index is 248. The molecule has 0 aromatic carbocycles. The monoisotopic (exact) mass is 211 g/mol. The second kappa shape index (κ2) is 7.79. The molecule has 0 spiro atoms. The summed E-state index contributed by atoms with van der Waals surface area (Å²) in [6.07, 6.45) is 3.11. The normalized spacial score (nSPS) is 11.3. The van der Waals surface area contributed by atoms with E-state index in [1.54, 1.807) is 0 Å². The van der Waals surface area contributed by atoms with Crippen molar-refractivity contribution in [3.05, 3.63) is 25.3 Å². The van der Waals surface area contributed by atoms with Crippen molar-refractivity contribution in [1.82, 2.24) is 5.32 Å². The fourth-order valence-corrected chi connectivity index (χ4v) is 0.881. The zero-order chi connectivity index (χ0) is 11.7. The van der Waals surface area contributed by atoms with Gasteiger partial charge in [0.2, 0.25) is 5.91 Å². The van der Waals surface area contributed by atoms with E-state index in [9.17, 15) is 9.59 Å². The summed E-state index contributed by atoms with van der Waals surface area (Å²) in [5, 5.41) is 2.65. The lowest BCUT2D eigenvalue weighted by Crippen LogP contribution is -2.24. The third-order valence-corrected chi connectivity index (χ3v) is 1.80. The third kappa shape index (κ3) is 7.49. The zero-order valence-corrected chi connectivity index (χ0v) is 8.99. The van der Waals surface area contributed by atoms with Crippen molar-refractivity contribution in [2.45, 2.75) is 13.3 Å². The number of amides is 1. The van der Waals surface area contributed by atoms with Crippen LogP contribution in [0.4, 0.5) is 0 Å². The van der Waals surface area contributed by atoms with E-state index in [0.717, 1.165) is 12.5 Å². The summed E-state index contributed by atoms with van der Waals surface area (Å²) in [6.45, 7) is 9.47. The topological polar surface area (TPSA) is 55.4 Å². The SMILES string of the molecule is C=CC(=O)NCCC(C)COC(=O)C=C. The van der Waals surface area contributed by atoms with E-state index >= 15 is 0 Å². The van der Waals surface area contributed by atoms with Gasteiger partial charge >= 0.3 is 5.97 Å². The molecule has 0 radical (unpaired) electrons. The van der Waals surface area contributed by atoms with Crippen LogP contribution in [0.25, 0.3) is 0 Å². The maximum Gasteiger partial charge on any atom is 0.330 e. The highest BCUT2D eigenvalue weighted by Gasteiger charge is 2.05. The first-order chi connectivity index (χ1) is 7.10. The summed E-state index contributed by atoms with van der Waals surface area (Å²) >= 11 is 0. The Morgan fingerprint density at radius 2 is 2.07 bits per heavy atom. The van der Waals surface area contributed by atoms with Crippen LogP contribution < -0.4 is 5.32 Å². The number of hydrogen-bond donors (Lipinski definition) is 1. The molecule has 0 aliphatic carbocycles. The fraction of sp³-hybridized carbons (Fsp3) is 0.455. The molecule has 0 rings (SSSR count). The van der Waals surface area contributed by atoms with Crippen LogP contribution in [0.15, 0.2) is 25.3 Å². The van der Waals surface area contributed by atoms with Gasteiger partial charge in [-0.15, -0.1) is 0 Å². The minimum absolute atomic E-state index is 0.190. The second-order valence-electron chi connectivity index (χ2n) is 3.22. The first-order valence-corrected chi connectivity index (χ1v) is 4.79. The van der Waals surface area contributed by atoms with Gasteiger partial charge in [0.1, 0.15) is 0 Å². The van der Waals surface area contributed by atoms with Crippen molar-refractivity contribution in [2.24, 2.45) is 5.92 Å². The number of rotatable bonds is 7. The Balaban J connectivity index is 3.52. The van der Waals surface area contributed by atoms with E-state index in [1.807, 2.05) is 6.92 Å². The van der Waals surface area contributed by atoms with Crippen molar-refractivity contribution in [3.8, 4) is 0 Å². The van der Waals surface area contributed by atoms with Crippen molar-refractivity contribution >= 4 is 11.9 Å². The van der Waals surface area contributed by atoms with E-state index in [0.29, 0.717) is 13.2 Å². The first kappa shape index (κ1) is 13.4. The largest absolute Gasteiger partial charge is 0.462 e. The first-order valence-electron chi connectivity index (χ1n) is 4.79. The van der Waals surface area contributed by atoms with Gasteiger partial charge in [0, 0.05) is 12.6 Å². The summed E-state index contributed by atoms with van der Waals surface area (Å²) in [5.41, 5.74) is 0. The van der Waals surface area contributed by atoms with Gasteiger partial charge in [-0.2, -0.15) is 0 Å². The second-order valence-corrected chi connectivity index (χ2v) is 3.22. The van der Waals surface area contributed by atoms with Crippen molar-refractivity contribution in [1.29, 1.82) is 0 Å². The van der Waals surface area contributed by atoms with E-state index in [4.69, 9.17) is 4.74 Å². The molecule has 0 aromatic rings. The molecule has 15 heavy (non-hydrogen) atoms. The Morgan fingerprint density at radius 1 is 1.40 bits per heavy atom. The summed E-state index contributed by atoms with van der Waals surface area (Å²) in [7, 11) is 0. The standard InChI is InChI=1S/C11H17NO3/c1-4-10(13)12-7-6-9(3)8-15-11(14)5-2/h4-5,9H,1-2,6-8H2,3H3,(H,12,13). The van der Waals surface area contributed by atoms with Crippen molar-refractivity contribution in [2.75, 3.05) is 13.2 Å². The number of hydrogen-bond acceptors (Lipinski definition) is 3. The highest BCUT2D eigenvalue weighted by Crippen LogP contribution is 2.01. The minimum atomic E-state index is -0.419. The predicted octanol–water partition coefficient (Wildman–Crippen LogP) is 1.04. The number of carbonyl (C=O) groups excluding carboxylic acids is 2. The van der Waals surface area contributed by atoms with Gasteiger partial charge in [-0.25, -0.2) is 4.79 Å². The molecule has 1 amide bonds. The quantitative estimate of drug-likeness (QED) is 0.505. The van der Waals surface area contributed by atoms with E-state index in [2.05, 4.69) is 18.5 Å². The van der Waals surface area contributed by atoms with E-state index < -0.39 is 5.97 Å². The van der Waals surface area contributed by atoms with Crippen molar-refractivity contribution in [3.63, 3.8) is 0 Å². The lowest BCUT2D eigenvalue weighted by molar-refractivity contribution is -0.139. The smallest absolute Gasteiger partial charge is 0.330 e. The molecule has 0 aliphatic rings. The molecular formula is C11H17NO3. The summed E-state index contributed by atoms with van der Waals surface area (Å²) in [4.78, 5) is 21.5. The zero-order valence-electron chi connectivity index (χ0n) is 8.99. The van der Waals surface area contributed by atoms with Gasteiger partial charge < -0.3 is 10.1 Å². The van der Waals surface area contributed by atoms with Crippen molar-refractivity contribution < 1.29 is 14.3 Å². The number of esters is 1. The van der Waals surface area contributed by atoms with Crippen LogP contribution >= 0.6 is 0 Å². The third-order valence-electron chi connectivity index (χ3n) is 1.80. The van der Waals surface area contributed by atoms with E-state index in [-0.39, 0.29) is 11.8 Å². The van der Waals surface area contributed by atoms with Gasteiger partial charge in [0.15, 0.2) is 0 Å². The van der Waals surface area contributed by atoms with E-state index in [1.165, 1.54) is 6.08 Å². The van der Waals surface area contributed by atoms with Crippen LogP contribution in [-0.2, 0) is 14.3 Å². The number of ether oxygens (including phenoxy) is 1. The molecule has 4 heteroatoms. The number of nitrogens with one attached hydrogen (secondary N) is 1. The van der Waals surface area contributed by atoms with Crippen LogP contribution in [0, 0.1) is 5.92 Å². The number of carbonyl (C=O) groups is 2. The van der Waals surface area contributed by atoms with Crippen LogP contribution in [0.5, 0.6) is 0 Å². The Kier molecular flexibility index (Phi) is 6.97. The molecule has 0 fully saturated rings. The summed E-state index contributed by atoms with van der Waals surface area (Å²) in [6, 6.07) is 0. The molecule has 84 valence electrons. The Hall–Kier alpha value is -1.58. The predicted molar refractivity (Wildman–Crippen MR) is 58.1 cm³/mol.